The Balaban J connectivity index is 1.58. The van der Waals surface area contributed by atoms with Gasteiger partial charge in [0.15, 0.2) is 16.6 Å². The number of hydrogen-bond donors (Lipinski definition) is 0. The molecule has 6 heteroatoms. The van der Waals surface area contributed by atoms with Crippen LogP contribution in [0.1, 0.15) is 27.5 Å². The van der Waals surface area contributed by atoms with Gasteiger partial charge in [0.1, 0.15) is 5.76 Å². The van der Waals surface area contributed by atoms with Gasteiger partial charge in [0, 0.05) is 12.7 Å². The third kappa shape index (κ3) is 2.88. The van der Waals surface area contributed by atoms with Crippen LogP contribution in [-0.4, -0.2) is 20.5 Å². The van der Waals surface area contributed by atoms with Gasteiger partial charge in [-0.3, -0.25) is 9.48 Å². The number of allylic oxidation sites excluding steroid dienone is 1. The number of aromatic nitrogens is 3. The lowest BCUT2D eigenvalue weighted by Gasteiger charge is -1.96. The van der Waals surface area contributed by atoms with Crippen LogP contribution in [0.3, 0.4) is 0 Å². The lowest BCUT2D eigenvalue weighted by atomic mass is 10.1. The predicted octanol–water partition coefficient (Wildman–Crippen LogP) is 4.80. The van der Waals surface area contributed by atoms with E-state index in [9.17, 15) is 4.79 Å². The van der Waals surface area contributed by atoms with Gasteiger partial charge in [0.25, 0.3) is 0 Å². The summed E-state index contributed by atoms with van der Waals surface area (Å²) in [5, 5.41) is 5.11. The van der Waals surface area contributed by atoms with Crippen molar-refractivity contribution in [3.05, 3.63) is 65.2 Å². The first kappa shape index (κ1) is 16.5. The van der Waals surface area contributed by atoms with E-state index in [2.05, 4.69) is 10.1 Å². The van der Waals surface area contributed by atoms with Crippen LogP contribution in [-0.2, 0) is 7.05 Å². The first-order valence-electron chi connectivity index (χ1n) is 8.21. The van der Waals surface area contributed by atoms with Crippen LogP contribution in [0.25, 0.3) is 27.1 Å². The van der Waals surface area contributed by atoms with Gasteiger partial charge >= 0.3 is 0 Å². The maximum atomic E-state index is 12.5. The Morgan fingerprint density at radius 1 is 1.19 bits per heavy atom. The summed E-state index contributed by atoms with van der Waals surface area (Å²) in [6, 6.07) is 11.7. The first-order chi connectivity index (χ1) is 12.5. The van der Waals surface area contributed by atoms with Crippen LogP contribution in [0.5, 0.6) is 0 Å². The molecule has 0 saturated carbocycles. The second kappa shape index (κ2) is 6.38. The van der Waals surface area contributed by atoms with E-state index in [-0.39, 0.29) is 5.78 Å². The lowest BCUT2D eigenvalue weighted by molar-refractivity contribution is 0.104. The first-order valence-corrected chi connectivity index (χ1v) is 9.03. The zero-order valence-electron chi connectivity index (χ0n) is 14.7. The Morgan fingerprint density at radius 3 is 2.73 bits per heavy atom. The summed E-state index contributed by atoms with van der Waals surface area (Å²) >= 11 is 1.58. The standard InChI is InChI=1S/C20H17N3O2S/c1-12-19(13(2)23(3)22-12)16(24)10-8-14-9-11-17(25-14)20-21-15-6-4-5-7-18(15)26-20/h4-11H,1-3H3. The Bertz CT molecular complexity index is 1110. The fraction of sp³-hybridized carbons (Fsp3) is 0.150. The molecule has 26 heavy (non-hydrogen) atoms. The van der Waals surface area contributed by atoms with Crippen LogP contribution in [0.15, 0.2) is 46.9 Å². The molecule has 0 aliphatic heterocycles. The highest BCUT2D eigenvalue weighted by atomic mass is 32.1. The predicted molar refractivity (Wildman–Crippen MR) is 103 cm³/mol. The number of rotatable bonds is 4. The number of carbonyl (C=O) groups excluding carboxylic acids is 1. The van der Waals surface area contributed by atoms with Gasteiger partial charge < -0.3 is 4.42 Å². The highest BCUT2D eigenvalue weighted by Gasteiger charge is 2.15. The van der Waals surface area contributed by atoms with Crippen molar-refractivity contribution in [2.45, 2.75) is 13.8 Å². The summed E-state index contributed by atoms with van der Waals surface area (Å²) in [7, 11) is 1.83. The Hall–Kier alpha value is -2.99. The fourth-order valence-electron chi connectivity index (χ4n) is 2.91. The van der Waals surface area contributed by atoms with Crippen molar-refractivity contribution in [1.29, 1.82) is 0 Å². The van der Waals surface area contributed by atoms with E-state index in [1.54, 1.807) is 22.1 Å². The molecule has 0 atom stereocenters. The third-order valence-electron chi connectivity index (χ3n) is 4.29. The zero-order chi connectivity index (χ0) is 18.3. The summed E-state index contributed by atoms with van der Waals surface area (Å²) in [6.45, 7) is 3.73. The number of nitrogens with zero attached hydrogens (tertiary/aromatic N) is 3. The molecule has 130 valence electrons. The van der Waals surface area contributed by atoms with Crippen molar-refractivity contribution < 1.29 is 9.21 Å². The molecule has 0 radical (unpaired) electrons. The number of carbonyl (C=O) groups is 1. The number of benzene rings is 1. The average Bonchev–Trinajstić information content (AvgIpc) is 3.31. The normalized spacial score (nSPS) is 11.7. The minimum Gasteiger partial charge on any atom is -0.454 e. The molecule has 1 aromatic carbocycles. The maximum absolute atomic E-state index is 12.5. The Labute approximate surface area is 154 Å². The van der Waals surface area contributed by atoms with Crippen molar-refractivity contribution in [1.82, 2.24) is 14.8 Å². The fourth-order valence-corrected chi connectivity index (χ4v) is 3.83. The number of aryl methyl sites for hydroxylation is 2. The summed E-state index contributed by atoms with van der Waals surface area (Å²) in [6.07, 6.45) is 3.21. The van der Waals surface area contributed by atoms with Crippen LogP contribution < -0.4 is 0 Å². The molecule has 0 unspecified atom stereocenters. The number of ketones is 1. The molecular weight excluding hydrogens is 346 g/mol. The third-order valence-corrected chi connectivity index (χ3v) is 5.34. The summed E-state index contributed by atoms with van der Waals surface area (Å²) < 4.78 is 8.68. The molecule has 0 saturated heterocycles. The molecular formula is C20H17N3O2S. The molecule has 0 spiro atoms. The van der Waals surface area contributed by atoms with E-state index in [0.717, 1.165) is 26.6 Å². The second-order valence-electron chi connectivity index (χ2n) is 6.06. The molecule has 3 aromatic heterocycles. The van der Waals surface area contributed by atoms with Crippen molar-refractivity contribution >= 4 is 33.4 Å². The zero-order valence-corrected chi connectivity index (χ0v) is 15.5. The van der Waals surface area contributed by atoms with Gasteiger partial charge in [0.2, 0.25) is 0 Å². The van der Waals surface area contributed by atoms with Gasteiger partial charge in [-0.2, -0.15) is 5.10 Å². The number of thiazole rings is 1. The van der Waals surface area contributed by atoms with E-state index in [0.29, 0.717) is 17.1 Å². The van der Waals surface area contributed by atoms with E-state index >= 15 is 0 Å². The number of furan rings is 1. The monoisotopic (exact) mass is 363 g/mol. The second-order valence-corrected chi connectivity index (χ2v) is 7.09. The smallest absolute Gasteiger partial charge is 0.189 e. The van der Waals surface area contributed by atoms with Crippen molar-refractivity contribution in [2.24, 2.45) is 7.05 Å². The molecule has 0 bridgehead atoms. The molecule has 0 N–H and O–H groups in total. The Kier molecular flexibility index (Phi) is 4.05. The molecule has 0 amide bonds. The van der Waals surface area contributed by atoms with E-state index in [4.69, 9.17) is 4.42 Å². The lowest BCUT2D eigenvalue weighted by Crippen LogP contribution is -1.99. The Morgan fingerprint density at radius 2 is 2.00 bits per heavy atom. The summed E-state index contributed by atoms with van der Waals surface area (Å²) in [4.78, 5) is 17.1. The number of hydrogen-bond acceptors (Lipinski definition) is 5. The van der Waals surface area contributed by atoms with Crippen molar-refractivity contribution in [2.75, 3.05) is 0 Å². The summed E-state index contributed by atoms with van der Waals surface area (Å²) in [5.74, 6) is 1.24. The van der Waals surface area contributed by atoms with E-state index < -0.39 is 0 Å². The largest absolute Gasteiger partial charge is 0.454 e. The molecule has 0 aliphatic rings. The van der Waals surface area contributed by atoms with Crippen LogP contribution in [0, 0.1) is 13.8 Å². The van der Waals surface area contributed by atoms with Gasteiger partial charge in [-0.15, -0.1) is 11.3 Å². The molecule has 4 aromatic rings. The molecule has 4 rings (SSSR count). The SMILES string of the molecule is Cc1nn(C)c(C)c1C(=O)C=Cc1ccc(-c2nc3ccccc3s2)o1. The minimum atomic E-state index is -0.0777. The van der Waals surface area contributed by atoms with Crippen molar-refractivity contribution in [3.8, 4) is 10.8 Å². The van der Waals surface area contributed by atoms with Crippen molar-refractivity contribution in [3.63, 3.8) is 0 Å². The highest BCUT2D eigenvalue weighted by molar-refractivity contribution is 7.21. The average molecular weight is 363 g/mol. The number of fused-ring (bicyclic) bond motifs is 1. The highest BCUT2D eigenvalue weighted by Crippen LogP contribution is 2.31. The molecule has 0 fully saturated rings. The van der Waals surface area contributed by atoms with Gasteiger partial charge in [-0.1, -0.05) is 12.1 Å². The van der Waals surface area contributed by atoms with Gasteiger partial charge in [-0.05, 0) is 50.3 Å². The molecule has 0 aliphatic carbocycles. The van der Waals surface area contributed by atoms with Gasteiger partial charge in [0.05, 0.1) is 21.5 Å². The van der Waals surface area contributed by atoms with Gasteiger partial charge in [-0.25, -0.2) is 4.98 Å². The maximum Gasteiger partial charge on any atom is 0.189 e. The minimum absolute atomic E-state index is 0.0777. The molecule has 5 nitrogen and oxygen atoms in total. The quantitative estimate of drug-likeness (QED) is 0.386. The van der Waals surface area contributed by atoms with E-state index in [1.807, 2.05) is 57.3 Å². The van der Waals surface area contributed by atoms with Crippen LogP contribution >= 0.6 is 11.3 Å². The van der Waals surface area contributed by atoms with Crippen LogP contribution in [0.2, 0.25) is 0 Å². The van der Waals surface area contributed by atoms with E-state index in [1.165, 1.54) is 6.08 Å². The van der Waals surface area contributed by atoms with Crippen LogP contribution in [0.4, 0.5) is 0 Å². The summed E-state index contributed by atoms with van der Waals surface area (Å²) in [5.41, 5.74) is 3.18. The molecule has 3 heterocycles. The number of para-hydroxylation sites is 1. The topological polar surface area (TPSA) is 60.9 Å².